The molecule has 1 aliphatic heterocycles. The molecular weight excluding hydrogens is 228 g/mol. The molecule has 1 aromatic carbocycles. The fraction of sp³-hybridized carbons (Fsp3) is 0.364. The summed E-state index contributed by atoms with van der Waals surface area (Å²) in [4.78, 5) is 11.0. The van der Waals surface area contributed by atoms with Crippen LogP contribution >= 0.6 is 0 Å². The van der Waals surface area contributed by atoms with Gasteiger partial charge in [-0.2, -0.15) is 0 Å². The number of carboxylic acids is 1. The zero-order valence-electron chi connectivity index (χ0n) is 9.17. The molecule has 2 N–H and O–H groups in total. The monoisotopic (exact) mass is 240 g/mol. The molecule has 0 spiro atoms. The molecule has 0 aliphatic carbocycles. The molecule has 0 radical (unpaired) electrons. The van der Waals surface area contributed by atoms with E-state index in [1.54, 1.807) is 6.92 Å². The van der Waals surface area contributed by atoms with Crippen molar-refractivity contribution in [2.24, 2.45) is 0 Å². The van der Waals surface area contributed by atoms with Crippen LogP contribution in [0.1, 0.15) is 17.3 Å². The van der Waals surface area contributed by atoms with Gasteiger partial charge in [0.15, 0.2) is 11.5 Å². The van der Waals surface area contributed by atoms with Crippen molar-refractivity contribution in [2.75, 3.05) is 13.4 Å². The predicted molar refractivity (Wildman–Crippen MR) is 56.7 cm³/mol. The summed E-state index contributed by atoms with van der Waals surface area (Å²) >= 11 is 0. The van der Waals surface area contributed by atoms with Crippen molar-refractivity contribution in [3.8, 4) is 17.2 Å². The molecule has 6 heteroatoms. The van der Waals surface area contributed by atoms with Crippen LogP contribution in [0.3, 0.4) is 0 Å². The molecule has 1 aliphatic rings. The summed E-state index contributed by atoms with van der Waals surface area (Å²) in [5, 5.41) is 18.1. The summed E-state index contributed by atoms with van der Waals surface area (Å²) in [6, 6.07) is 2.80. The Hall–Kier alpha value is -1.95. The lowest BCUT2D eigenvalue weighted by Crippen LogP contribution is -2.14. The third-order valence-electron chi connectivity index (χ3n) is 2.19. The van der Waals surface area contributed by atoms with E-state index >= 15 is 0 Å². The van der Waals surface area contributed by atoms with Gasteiger partial charge in [0.05, 0.1) is 6.10 Å². The zero-order valence-corrected chi connectivity index (χ0v) is 9.17. The lowest BCUT2D eigenvalue weighted by atomic mass is 10.2. The lowest BCUT2D eigenvalue weighted by Gasteiger charge is -2.11. The fourth-order valence-electron chi connectivity index (χ4n) is 1.42. The predicted octanol–water partition coefficient (Wildman–Crippen LogP) is 0.873. The Bertz CT molecular complexity index is 440. The van der Waals surface area contributed by atoms with Crippen LogP contribution in [0.5, 0.6) is 17.2 Å². The Balaban J connectivity index is 2.31. The van der Waals surface area contributed by atoms with Crippen molar-refractivity contribution in [2.45, 2.75) is 13.0 Å². The van der Waals surface area contributed by atoms with Gasteiger partial charge in [-0.05, 0) is 6.92 Å². The second-order valence-electron chi connectivity index (χ2n) is 3.67. The van der Waals surface area contributed by atoms with Crippen molar-refractivity contribution in [1.82, 2.24) is 0 Å². The van der Waals surface area contributed by atoms with E-state index in [9.17, 15) is 4.79 Å². The van der Waals surface area contributed by atoms with Gasteiger partial charge in [0.25, 0.3) is 0 Å². The number of hydrogen-bond donors (Lipinski definition) is 2. The Morgan fingerprint density at radius 3 is 2.71 bits per heavy atom. The first kappa shape index (κ1) is 11.5. The molecule has 0 fully saturated rings. The maximum atomic E-state index is 11.0. The standard InChI is InChI=1S/C11H12O6/c1-6(12)4-15-8-3-10-9(16-5-17-10)2-7(8)11(13)14/h2-3,6,12H,4-5H2,1H3,(H,13,14). The van der Waals surface area contributed by atoms with E-state index in [0.29, 0.717) is 11.5 Å². The highest BCUT2D eigenvalue weighted by atomic mass is 16.7. The van der Waals surface area contributed by atoms with Crippen LogP contribution in [0, 0.1) is 0 Å². The van der Waals surface area contributed by atoms with Crippen LogP contribution in [0.25, 0.3) is 0 Å². The number of aromatic carboxylic acids is 1. The molecule has 6 nitrogen and oxygen atoms in total. The summed E-state index contributed by atoms with van der Waals surface area (Å²) in [6.07, 6.45) is -0.679. The summed E-state index contributed by atoms with van der Waals surface area (Å²) in [7, 11) is 0. The number of ether oxygens (including phenoxy) is 3. The smallest absolute Gasteiger partial charge is 0.339 e. The highest BCUT2D eigenvalue weighted by Crippen LogP contribution is 2.38. The van der Waals surface area contributed by atoms with Crippen LogP contribution in [-0.4, -0.2) is 35.7 Å². The summed E-state index contributed by atoms with van der Waals surface area (Å²) in [5.74, 6) is -0.145. The van der Waals surface area contributed by atoms with E-state index in [1.165, 1.54) is 12.1 Å². The van der Waals surface area contributed by atoms with Gasteiger partial charge in [-0.3, -0.25) is 0 Å². The summed E-state index contributed by atoms with van der Waals surface area (Å²) in [5.41, 5.74) is -0.0186. The number of benzene rings is 1. The van der Waals surface area contributed by atoms with E-state index in [0.717, 1.165) is 0 Å². The summed E-state index contributed by atoms with van der Waals surface area (Å²) < 4.78 is 15.4. The second-order valence-corrected chi connectivity index (χ2v) is 3.67. The maximum absolute atomic E-state index is 11.0. The molecule has 1 unspecified atom stereocenters. The first-order chi connectivity index (χ1) is 8.08. The molecule has 0 saturated heterocycles. The topological polar surface area (TPSA) is 85.2 Å². The lowest BCUT2D eigenvalue weighted by molar-refractivity contribution is 0.0685. The normalized spacial score (nSPS) is 14.5. The average molecular weight is 240 g/mol. The number of carboxylic acid groups (broad SMARTS) is 1. The highest BCUT2D eigenvalue weighted by Gasteiger charge is 2.21. The molecule has 1 atom stereocenters. The molecule has 0 bridgehead atoms. The van der Waals surface area contributed by atoms with Crippen LogP contribution in [-0.2, 0) is 0 Å². The van der Waals surface area contributed by atoms with E-state index in [-0.39, 0.29) is 24.7 Å². The highest BCUT2D eigenvalue weighted by molar-refractivity contribution is 5.92. The Kier molecular flexibility index (Phi) is 3.06. The fourth-order valence-corrected chi connectivity index (χ4v) is 1.42. The Morgan fingerprint density at radius 1 is 1.47 bits per heavy atom. The minimum atomic E-state index is -1.12. The molecular formula is C11H12O6. The Labute approximate surface area is 97.3 Å². The first-order valence-corrected chi connectivity index (χ1v) is 5.05. The molecule has 0 amide bonds. The average Bonchev–Trinajstić information content (AvgIpc) is 2.71. The SMILES string of the molecule is CC(O)COc1cc2c(cc1C(=O)O)OCO2. The van der Waals surface area contributed by atoms with Crippen molar-refractivity contribution in [1.29, 1.82) is 0 Å². The molecule has 17 heavy (non-hydrogen) atoms. The molecule has 0 saturated carbocycles. The van der Waals surface area contributed by atoms with Gasteiger partial charge in [0.2, 0.25) is 6.79 Å². The largest absolute Gasteiger partial charge is 0.490 e. The zero-order chi connectivity index (χ0) is 12.4. The van der Waals surface area contributed by atoms with Gasteiger partial charge in [0, 0.05) is 12.1 Å². The van der Waals surface area contributed by atoms with Gasteiger partial charge in [-0.25, -0.2) is 4.79 Å². The van der Waals surface area contributed by atoms with Crippen LogP contribution in [0.2, 0.25) is 0 Å². The van der Waals surface area contributed by atoms with Crippen LogP contribution < -0.4 is 14.2 Å². The van der Waals surface area contributed by atoms with Gasteiger partial charge in [0.1, 0.15) is 17.9 Å². The number of carbonyl (C=O) groups is 1. The Morgan fingerprint density at radius 2 is 2.12 bits per heavy atom. The second kappa shape index (κ2) is 4.50. The van der Waals surface area contributed by atoms with Gasteiger partial charge < -0.3 is 24.4 Å². The number of aliphatic hydroxyl groups is 1. The van der Waals surface area contributed by atoms with Crippen molar-refractivity contribution >= 4 is 5.97 Å². The minimum Gasteiger partial charge on any atom is -0.490 e. The van der Waals surface area contributed by atoms with E-state index in [4.69, 9.17) is 24.4 Å². The number of hydrogen-bond acceptors (Lipinski definition) is 5. The third kappa shape index (κ3) is 2.42. The van der Waals surface area contributed by atoms with Gasteiger partial charge in [-0.1, -0.05) is 0 Å². The third-order valence-corrected chi connectivity index (χ3v) is 2.19. The summed E-state index contributed by atoms with van der Waals surface area (Å²) in [6.45, 7) is 1.63. The number of fused-ring (bicyclic) bond motifs is 1. The van der Waals surface area contributed by atoms with E-state index < -0.39 is 12.1 Å². The van der Waals surface area contributed by atoms with Crippen molar-refractivity contribution in [3.63, 3.8) is 0 Å². The minimum absolute atomic E-state index is 0.0138. The van der Waals surface area contributed by atoms with E-state index in [1.807, 2.05) is 0 Å². The van der Waals surface area contributed by atoms with E-state index in [2.05, 4.69) is 0 Å². The maximum Gasteiger partial charge on any atom is 0.339 e. The number of aliphatic hydroxyl groups excluding tert-OH is 1. The first-order valence-electron chi connectivity index (χ1n) is 5.05. The van der Waals surface area contributed by atoms with Crippen LogP contribution in [0.15, 0.2) is 12.1 Å². The van der Waals surface area contributed by atoms with Crippen molar-refractivity contribution in [3.05, 3.63) is 17.7 Å². The molecule has 2 rings (SSSR count). The van der Waals surface area contributed by atoms with Crippen molar-refractivity contribution < 1.29 is 29.2 Å². The molecule has 1 aromatic rings. The molecule has 92 valence electrons. The quantitative estimate of drug-likeness (QED) is 0.812. The number of rotatable bonds is 4. The molecule has 0 aromatic heterocycles. The van der Waals surface area contributed by atoms with Crippen LogP contribution in [0.4, 0.5) is 0 Å². The van der Waals surface area contributed by atoms with Gasteiger partial charge in [-0.15, -0.1) is 0 Å². The van der Waals surface area contributed by atoms with Gasteiger partial charge >= 0.3 is 5.97 Å². The molecule has 1 heterocycles.